The molecule has 15 heavy (non-hydrogen) atoms. The Balaban J connectivity index is 2.17. The van der Waals surface area contributed by atoms with E-state index in [1.54, 1.807) is 7.11 Å². The predicted octanol–water partition coefficient (Wildman–Crippen LogP) is 2.78. The Hall–Kier alpha value is -0.540. The van der Waals surface area contributed by atoms with Crippen LogP contribution in [-0.4, -0.2) is 20.7 Å². The third-order valence-corrected chi connectivity index (χ3v) is 3.47. The van der Waals surface area contributed by atoms with Crippen molar-refractivity contribution in [2.45, 2.75) is 12.3 Å². The first kappa shape index (κ1) is 11.0. The van der Waals surface area contributed by atoms with Crippen LogP contribution in [0.5, 0.6) is 5.75 Å². The van der Waals surface area contributed by atoms with Crippen molar-refractivity contribution in [3.8, 4) is 5.75 Å². The number of halogens is 1. The Bertz CT molecular complexity index is 353. The maximum absolute atomic E-state index is 5.39. The van der Waals surface area contributed by atoms with Crippen LogP contribution in [0.1, 0.15) is 17.9 Å². The molecule has 2 rings (SSSR count). The molecule has 1 fully saturated rings. The number of rotatable bonds is 4. The molecule has 0 saturated heterocycles. The SMILES string of the molecule is CNCC1CC1c1cc(Br)ccc1OC. The third-order valence-electron chi connectivity index (χ3n) is 2.98. The lowest BCUT2D eigenvalue weighted by Gasteiger charge is -2.08. The minimum atomic E-state index is 0.671. The van der Waals surface area contributed by atoms with Gasteiger partial charge in [-0.1, -0.05) is 15.9 Å². The Kier molecular flexibility index (Phi) is 3.32. The summed E-state index contributed by atoms with van der Waals surface area (Å²) in [5.41, 5.74) is 1.34. The van der Waals surface area contributed by atoms with E-state index >= 15 is 0 Å². The minimum absolute atomic E-state index is 0.671. The number of hydrogen-bond donors (Lipinski definition) is 1. The molecule has 2 unspecified atom stereocenters. The molecular formula is C12H16BrNO. The zero-order valence-corrected chi connectivity index (χ0v) is 10.7. The quantitative estimate of drug-likeness (QED) is 0.908. The lowest BCUT2D eigenvalue weighted by molar-refractivity contribution is 0.409. The molecule has 1 aromatic carbocycles. The fourth-order valence-electron chi connectivity index (χ4n) is 2.11. The summed E-state index contributed by atoms with van der Waals surface area (Å²) in [7, 11) is 3.75. The standard InChI is InChI=1S/C12H16BrNO/c1-14-7-8-5-10(8)11-6-9(13)3-4-12(11)15-2/h3-4,6,8,10,14H,5,7H2,1-2H3. The maximum atomic E-state index is 5.39. The van der Waals surface area contributed by atoms with Gasteiger partial charge in [-0.15, -0.1) is 0 Å². The molecule has 1 N–H and O–H groups in total. The highest BCUT2D eigenvalue weighted by atomic mass is 79.9. The number of nitrogens with one attached hydrogen (secondary N) is 1. The van der Waals surface area contributed by atoms with Gasteiger partial charge in [0.1, 0.15) is 5.75 Å². The molecule has 0 amide bonds. The molecule has 0 aliphatic heterocycles. The minimum Gasteiger partial charge on any atom is -0.496 e. The van der Waals surface area contributed by atoms with Gasteiger partial charge in [0.15, 0.2) is 0 Å². The van der Waals surface area contributed by atoms with Gasteiger partial charge in [0, 0.05) is 4.47 Å². The lowest BCUT2D eigenvalue weighted by atomic mass is 10.1. The van der Waals surface area contributed by atoms with Gasteiger partial charge in [-0.25, -0.2) is 0 Å². The summed E-state index contributed by atoms with van der Waals surface area (Å²) in [6, 6.07) is 6.24. The van der Waals surface area contributed by atoms with Crippen LogP contribution >= 0.6 is 15.9 Å². The summed E-state index contributed by atoms with van der Waals surface area (Å²) in [5, 5.41) is 3.23. The molecule has 3 heteroatoms. The fraction of sp³-hybridized carbons (Fsp3) is 0.500. The molecule has 1 aliphatic rings. The van der Waals surface area contributed by atoms with E-state index in [-0.39, 0.29) is 0 Å². The number of ether oxygens (including phenoxy) is 1. The molecule has 82 valence electrons. The van der Waals surface area contributed by atoms with Crippen LogP contribution in [0.25, 0.3) is 0 Å². The summed E-state index contributed by atoms with van der Waals surface area (Å²) in [5.74, 6) is 2.46. The van der Waals surface area contributed by atoms with Gasteiger partial charge in [0.2, 0.25) is 0 Å². The van der Waals surface area contributed by atoms with Crippen LogP contribution in [0.4, 0.5) is 0 Å². The van der Waals surface area contributed by atoms with Gasteiger partial charge in [-0.2, -0.15) is 0 Å². The second-order valence-corrected chi connectivity index (χ2v) is 4.96. The lowest BCUT2D eigenvalue weighted by Crippen LogP contribution is -2.10. The second-order valence-electron chi connectivity index (χ2n) is 4.05. The highest BCUT2D eigenvalue weighted by Crippen LogP contribution is 2.50. The first-order chi connectivity index (χ1) is 7.26. The Morgan fingerprint density at radius 3 is 3.00 bits per heavy atom. The molecule has 1 saturated carbocycles. The van der Waals surface area contributed by atoms with E-state index < -0.39 is 0 Å². The van der Waals surface area contributed by atoms with E-state index in [2.05, 4.69) is 27.3 Å². The van der Waals surface area contributed by atoms with E-state index in [9.17, 15) is 0 Å². The van der Waals surface area contributed by atoms with Crippen molar-refractivity contribution < 1.29 is 4.74 Å². The molecule has 1 aliphatic carbocycles. The van der Waals surface area contributed by atoms with E-state index in [0.717, 1.165) is 22.7 Å². The van der Waals surface area contributed by atoms with Crippen molar-refractivity contribution in [1.82, 2.24) is 5.32 Å². The Morgan fingerprint density at radius 1 is 1.53 bits per heavy atom. The van der Waals surface area contributed by atoms with Crippen LogP contribution in [-0.2, 0) is 0 Å². The summed E-state index contributed by atoms with van der Waals surface area (Å²) < 4.78 is 6.52. The van der Waals surface area contributed by atoms with E-state index in [4.69, 9.17) is 4.74 Å². The second kappa shape index (κ2) is 4.54. The van der Waals surface area contributed by atoms with Crippen molar-refractivity contribution in [2.75, 3.05) is 20.7 Å². The molecule has 2 nitrogen and oxygen atoms in total. The molecule has 1 aromatic rings. The van der Waals surface area contributed by atoms with Crippen LogP contribution in [0.15, 0.2) is 22.7 Å². The van der Waals surface area contributed by atoms with Crippen LogP contribution in [0.2, 0.25) is 0 Å². The average Bonchev–Trinajstić information content (AvgIpc) is 2.98. The predicted molar refractivity (Wildman–Crippen MR) is 65.5 cm³/mol. The van der Waals surface area contributed by atoms with Crippen molar-refractivity contribution >= 4 is 15.9 Å². The fourth-order valence-corrected chi connectivity index (χ4v) is 2.49. The molecule has 0 aromatic heterocycles. The van der Waals surface area contributed by atoms with E-state index in [1.807, 2.05) is 19.2 Å². The summed E-state index contributed by atoms with van der Waals surface area (Å²) in [4.78, 5) is 0. The van der Waals surface area contributed by atoms with Crippen LogP contribution in [0.3, 0.4) is 0 Å². The number of hydrogen-bond acceptors (Lipinski definition) is 2. The highest BCUT2D eigenvalue weighted by molar-refractivity contribution is 9.10. The molecule has 0 bridgehead atoms. The molecule has 0 spiro atoms. The van der Waals surface area contributed by atoms with Gasteiger partial charge >= 0.3 is 0 Å². The topological polar surface area (TPSA) is 21.3 Å². The van der Waals surface area contributed by atoms with Crippen LogP contribution in [0, 0.1) is 5.92 Å². The van der Waals surface area contributed by atoms with Crippen LogP contribution < -0.4 is 10.1 Å². The summed E-state index contributed by atoms with van der Waals surface area (Å²) in [6.45, 7) is 1.10. The van der Waals surface area contributed by atoms with Gasteiger partial charge in [-0.3, -0.25) is 0 Å². The van der Waals surface area contributed by atoms with E-state index in [1.165, 1.54) is 12.0 Å². The van der Waals surface area contributed by atoms with Gasteiger partial charge in [-0.05, 0) is 55.6 Å². The van der Waals surface area contributed by atoms with Gasteiger partial charge in [0.25, 0.3) is 0 Å². The average molecular weight is 270 g/mol. The maximum Gasteiger partial charge on any atom is 0.122 e. The highest BCUT2D eigenvalue weighted by Gasteiger charge is 2.39. The first-order valence-corrected chi connectivity index (χ1v) is 6.03. The molecule has 0 radical (unpaired) electrons. The van der Waals surface area contributed by atoms with E-state index in [0.29, 0.717) is 5.92 Å². The molecule has 2 atom stereocenters. The number of methoxy groups -OCH3 is 1. The smallest absolute Gasteiger partial charge is 0.122 e. The normalized spacial score (nSPS) is 23.9. The van der Waals surface area contributed by atoms with Gasteiger partial charge in [0.05, 0.1) is 7.11 Å². The Labute approximate surface area is 99.1 Å². The monoisotopic (exact) mass is 269 g/mol. The summed E-state index contributed by atoms with van der Waals surface area (Å²) >= 11 is 3.51. The summed E-state index contributed by atoms with van der Waals surface area (Å²) in [6.07, 6.45) is 1.27. The zero-order valence-electron chi connectivity index (χ0n) is 9.09. The van der Waals surface area contributed by atoms with Crippen molar-refractivity contribution in [1.29, 1.82) is 0 Å². The van der Waals surface area contributed by atoms with Gasteiger partial charge < -0.3 is 10.1 Å². The molecule has 0 heterocycles. The molecular weight excluding hydrogens is 254 g/mol. The van der Waals surface area contributed by atoms with Crippen molar-refractivity contribution in [3.63, 3.8) is 0 Å². The number of benzene rings is 1. The Morgan fingerprint density at radius 2 is 2.33 bits per heavy atom. The first-order valence-electron chi connectivity index (χ1n) is 5.24. The largest absolute Gasteiger partial charge is 0.496 e. The van der Waals surface area contributed by atoms with Crippen molar-refractivity contribution in [2.24, 2.45) is 5.92 Å². The third kappa shape index (κ3) is 2.34. The van der Waals surface area contributed by atoms with Crippen molar-refractivity contribution in [3.05, 3.63) is 28.2 Å². The zero-order chi connectivity index (χ0) is 10.8.